The molecule has 0 radical (unpaired) electrons. The number of hydrogen-bond donors (Lipinski definition) is 3. The van der Waals surface area contributed by atoms with Crippen LogP contribution in [0.2, 0.25) is 0 Å². The van der Waals surface area contributed by atoms with Gasteiger partial charge in [0.2, 0.25) is 5.91 Å². The van der Waals surface area contributed by atoms with Crippen LogP contribution >= 0.6 is 0 Å². The number of ether oxygens (including phenoxy) is 2. The van der Waals surface area contributed by atoms with Gasteiger partial charge in [0.05, 0.1) is 24.9 Å². The largest absolute Gasteiger partial charge is 0.495 e. The number of anilines is 2. The van der Waals surface area contributed by atoms with Gasteiger partial charge < -0.3 is 24.5 Å². The van der Waals surface area contributed by atoms with Crippen molar-refractivity contribution in [2.24, 2.45) is 0 Å². The lowest BCUT2D eigenvalue weighted by Gasteiger charge is -2.20. The van der Waals surface area contributed by atoms with E-state index in [4.69, 9.17) is 13.9 Å². The minimum absolute atomic E-state index is 0.233. The standard InChI is InChI=1S/C21H27N3O6/c1-12-9-15(13(2)29-12)19(26)22-11-18(25)23-14-7-8-17(28-6)16(10-14)24-20(27)30-21(3,4)5/h7-10H,11H2,1-6H3,(H,22,26)(H,23,25)(H,24,27). The molecule has 1 aromatic carbocycles. The second-order valence-electron chi connectivity index (χ2n) is 7.60. The van der Waals surface area contributed by atoms with Crippen molar-refractivity contribution in [1.29, 1.82) is 0 Å². The van der Waals surface area contributed by atoms with Crippen molar-refractivity contribution in [3.8, 4) is 5.75 Å². The summed E-state index contributed by atoms with van der Waals surface area (Å²) in [5, 5.41) is 7.79. The summed E-state index contributed by atoms with van der Waals surface area (Å²) >= 11 is 0. The zero-order chi connectivity index (χ0) is 22.5. The summed E-state index contributed by atoms with van der Waals surface area (Å²) in [6.45, 7) is 8.44. The van der Waals surface area contributed by atoms with Crippen LogP contribution in [0.1, 0.15) is 42.6 Å². The van der Waals surface area contributed by atoms with E-state index in [1.54, 1.807) is 52.8 Å². The smallest absolute Gasteiger partial charge is 0.412 e. The normalized spacial score (nSPS) is 10.9. The Morgan fingerprint density at radius 3 is 2.33 bits per heavy atom. The molecular weight excluding hydrogens is 390 g/mol. The summed E-state index contributed by atoms with van der Waals surface area (Å²) in [4.78, 5) is 36.4. The number of hydrogen-bond acceptors (Lipinski definition) is 6. The molecule has 0 saturated carbocycles. The fourth-order valence-corrected chi connectivity index (χ4v) is 2.61. The molecule has 162 valence electrons. The summed E-state index contributed by atoms with van der Waals surface area (Å²) in [5.41, 5.74) is 0.468. The van der Waals surface area contributed by atoms with Gasteiger partial charge in [-0.05, 0) is 58.9 Å². The van der Waals surface area contributed by atoms with Crippen LogP contribution < -0.4 is 20.7 Å². The Kier molecular flexibility index (Phi) is 7.10. The van der Waals surface area contributed by atoms with E-state index in [-0.39, 0.29) is 6.54 Å². The number of benzene rings is 1. The van der Waals surface area contributed by atoms with Gasteiger partial charge in [-0.1, -0.05) is 0 Å². The van der Waals surface area contributed by atoms with Gasteiger partial charge in [0.25, 0.3) is 5.91 Å². The molecule has 1 heterocycles. The second-order valence-corrected chi connectivity index (χ2v) is 7.60. The molecule has 0 atom stereocenters. The fraction of sp³-hybridized carbons (Fsp3) is 0.381. The van der Waals surface area contributed by atoms with Gasteiger partial charge in [0, 0.05) is 5.69 Å². The SMILES string of the molecule is COc1ccc(NC(=O)CNC(=O)c2cc(C)oc2C)cc1NC(=O)OC(C)(C)C. The maximum absolute atomic E-state index is 12.2. The predicted molar refractivity (Wildman–Crippen MR) is 112 cm³/mol. The van der Waals surface area contributed by atoms with E-state index in [1.807, 2.05) is 0 Å². The molecule has 0 fully saturated rings. The fourth-order valence-electron chi connectivity index (χ4n) is 2.61. The molecule has 9 heteroatoms. The highest BCUT2D eigenvalue weighted by atomic mass is 16.6. The molecule has 3 amide bonds. The molecule has 3 N–H and O–H groups in total. The molecular formula is C21H27N3O6. The Hall–Kier alpha value is -3.49. The third-order valence-corrected chi connectivity index (χ3v) is 3.81. The highest BCUT2D eigenvalue weighted by Crippen LogP contribution is 2.28. The van der Waals surface area contributed by atoms with Gasteiger partial charge in [0.15, 0.2) is 0 Å². The first-order valence-corrected chi connectivity index (χ1v) is 9.31. The minimum atomic E-state index is -0.659. The lowest BCUT2D eigenvalue weighted by molar-refractivity contribution is -0.115. The minimum Gasteiger partial charge on any atom is -0.495 e. The van der Waals surface area contributed by atoms with E-state index in [0.717, 1.165) is 0 Å². The van der Waals surface area contributed by atoms with Crippen LogP contribution in [-0.2, 0) is 9.53 Å². The second kappa shape index (κ2) is 9.34. The molecule has 0 aliphatic heterocycles. The summed E-state index contributed by atoms with van der Waals surface area (Å²) in [7, 11) is 1.46. The number of aryl methyl sites for hydroxylation is 2. The van der Waals surface area contributed by atoms with E-state index >= 15 is 0 Å². The lowest BCUT2D eigenvalue weighted by Crippen LogP contribution is -2.33. The van der Waals surface area contributed by atoms with Crippen LogP contribution in [0, 0.1) is 13.8 Å². The van der Waals surface area contributed by atoms with E-state index in [9.17, 15) is 14.4 Å². The highest BCUT2D eigenvalue weighted by Gasteiger charge is 2.18. The number of carbonyl (C=O) groups is 3. The summed E-state index contributed by atoms with van der Waals surface area (Å²) < 4.78 is 15.8. The first-order chi connectivity index (χ1) is 14.0. The van der Waals surface area contributed by atoms with Crippen LogP contribution in [-0.4, -0.2) is 37.2 Å². The molecule has 30 heavy (non-hydrogen) atoms. The Morgan fingerprint density at radius 1 is 1.07 bits per heavy atom. The number of rotatable bonds is 6. The van der Waals surface area contributed by atoms with E-state index < -0.39 is 23.5 Å². The van der Waals surface area contributed by atoms with Crippen molar-refractivity contribution in [2.45, 2.75) is 40.2 Å². The van der Waals surface area contributed by atoms with Crippen LogP contribution in [0.25, 0.3) is 0 Å². The third kappa shape index (κ3) is 6.54. The molecule has 0 aliphatic rings. The van der Waals surface area contributed by atoms with E-state index in [2.05, 4.69) is 16.0 Å². The molecule has 0 saturated heterocycles. The molecule has 0 unspecified atom stereocenters. The predicted octanol–water partition coefficient (Wildman–Crippen LogP) is 3.62. The number of amides is 3. The summed E-state index contributed by atoms with van der Waals surface area (Å²) in [5.74, 6) is 0.665. The number of methoxy groups -OCH3 is 1. The molecule has 9 nitrogen and oxygen atoms in total. The quantitative estimate of drug-likeness (QED) is 0.660. The number of furan rings is 1. The van der Waals surface area contributed by atoms with Crippen molar-refractivity contribution < 1.29 is 28.3 Å². The average molecular weight is 417 g/mol. The maximum Gasteiger partial charge on any atom is 0.412 e. The van der Waals surface area contributed by atoms with Gasteiger partial charge in [0.1, 0.15) is 22.9 Å². The van der Waals surface area contributed by atoms with Crippen molar-refractivity contribution >= 4 is 29.3 Å². The van der Waals surface area contributed by atoms with Crippen molar-refractivity contribution in [1.82, 2.24) is 5.32 Å². The Morgan fingerprint density at radius 2 is 1.77 bits per heavy atom. The summed E-state index contributed by atoms with van der Waals surface area (Å²) in [6.07, 6.45) is -0.651. The van der Waals surface area contributed by atoms with Crippen LogP contribution in [0.15, 0.2) is 28.7 Å². The van der Waals surface area contributed by atoms with E-state index in [0.29, 0.717) is 34.2 Å². The Balaban J connectivity index is 2.00. The average Bonchev–Trinajstić information content (AvgIpc) is 2.96. The molecule has 0 aliphatic carbocycles. The van der Waals surface area contributed by atoms with Gasteiger partial charge in [-0.2, -0.15) is 0 Å². The Labute approximate surface area is 175 Å². The molecule has 0 bridgehead atoms. The number of nitrogens with one attached hydrogen (secondary N) is 3. The monoisotopic (exact) mass is 417 g/mol. The molecule has 2 aromatic rings. The number of carbonyl (C=O) groups excluding carboxylic acids is 3. The van der Waals surface area contributed by atoms with Gasteiger partial charge in [-0.3, -0.25) is 14.9 Å². The van der Waals surface area contributed by atoms with Crippen molar-refractivity contribution in [3.63, 3.8) is 0 Å². The van der Waals surface area contributed by atoms with E-state index in [1.165, 1.54) is 13.2 Å². The van der Waals surface area contributed by atoms with Crippen molar-refractivity contribution in [2.75, 3.05) is 24.3 Å². The zero-order valence-corrected chi connectivity index (χ0v) is 18.0. The topological polar surface area (TPSA) is 119 Å². The van der Waals surface area contributed by atoms with Gasteiger partial charge in [-0.25, -0.2) is 4.79 Å². The first-order valence-electron chi connectivity index (χ1n) is 9.31. The van der Waals surface area contributed by atoms with Gasteiger partial charge in [-0.15, -0.1) is 0 Å². The Bertz CT molecular complexity index is 943. The van der Waals surface area contributed by atoms with Crippen LogP contribution in [0.5, 0.6) is 5.75 Å². The van der Waals surface area contributed by atoms with Crippen LogP contribution in [0.4, 0.5) is 16.2 Å². The summed E-state index contributed by atoms with van der Waals surface area (Å²) in [6, 6.07) is 6.35. The third-order valence-electron chi connectivity index (χ3n) is 3.81. The highest BCUT2D eigenvalue weighted by molar-refractivity contribution is 6.00. The molecule has 1 aromatic heterocycles. The first kappa shape index (κ1) is 22.8. The maximum atomic E-state index is 12.2. The van der Waals surface area contributed by atoms with Crippen LogP contribution in [0.3, 0.4) is 0 Å². The van der Waals surface area contributed by atoms with Crippen molar-refractivity contribution in [3.05, 3.63) is 41.3 Å². The zero-order valence-electron chi connectivity index (χ0n) is 18.0. The molecule has 0 spiro atoms. The lowest BCUT2D eigenvalue weighted by atomic mass is 10.2. The molecule has 2 rings (SSSR count). The van der Waals surface area contributed by atoms with Gasteiger partial charge >= 0.3 is 6.09 Å².